The number of fused-ring (bicyclic) bond motifs is 2. The molecular formula is C15H13N5O3. The number of rotatable bonds is 2. The third-order valence-electron chi connectivity index (χ3n) is 4.08. The van der Waals surface area contributed by atoms with Gasteiger partial charge in [-0.05, 0) is 12.1 Å². The number of aromatic nitrogens is 4. The molecule has 1 atom stereocenters. The molecule has 4 rings (SSSR count). The Labute approximate surface area is 130 Å². The van der Waals surface area contributed by atoms with Crippen LogP contribution in [0.5, 0.6) is 0 Å². The molecule has 4 heterocycles. The van der Waals surface area contributed by atoms with Crippen molar-refractivity contribution in [2.75, 3.05) is 6.54 Å². The quantitative estimate of drug-likeness (QED) is 0.731. The van der Waals surface area contributed by atoms with Crippen LogP contribution in [-0.4, -0.2) is 48.0 Å². The van der Waals surface area contributed by atoms with Crippen molar-refractivity contribution in [2.45, 2.75) is 12.5 Å². The lowest BCUT2D eigenvalue weighted by Gasteiger charge is -2.32. The topological polar surface area (TPSA) is 104 Å². The first-order valence-electron chi connectivity index (χ1n) is 7.15. The highest BCUT2D eigenvalue weighted by Crippen LogP contribution is 2.29. The van der Waals surface area contributed by atoms with E-state index in [0.29, 0.717) is 29.7 Å². The van der Waals surface area contributed by atoms with Crippen molar-refractivity contribution in [3.05, 3.63) is 53.9 Å². The molecule has 3 aromatic rings. The summed E-state index contributed by atoms with van der Waals surface area (Å²) in [6, 6.07) is 4.31. The summed E-state index contributed by atoms with van der Waals surface area (Å²) in [6.07, 6.45) is 5.22. The summed E-state index contributed by atoms with van der Waals surface area (Å²) >= 11 is 0. The average Bonchev–Trinajstić information content (AvgIpc) is 3.19. The SMILES string of the molecule is O=C(O)[C@@H]1c2nc[nH]c2CCN1C(=O)c1cnn2ccccc12. The smallest absolute Gasteiger partial charge is 0.332 e. The minimum atomic E-state index is -1.09. The lowest BCUT2D eigenvalue weighted by atomic mass is 10.0. The van der Waals surface area contributed by atoms with Gasteiger partial charge in [-0.3, -0.25) is 4.79 Å². The van der Waals surface area contributed by atoms with Gasteiger partial charge in [0.2, 0.25) is 0 Å². The average molecular weight is 311 g/mol. The van der Waals surface area contributed by atoms with E-state index in [2.05, 4.69) is 15.1 Å². The van der Waals surface area contributed by atoms with Crippen LogP contribution < -0.4 is 0 Å². The maximum absolute atomic E-state index is 12.9. The molecule has 0 radical (unpaired) electrons. The predicted molar refractivity (Wildman–Crippen MR) is 78.9 cm³/mol. The van der Waals surface area contributed by atoms with Crippen LogP contribution in [0.15, 0.2) is 36.9 Å². The van der Waals surface area contributed by atoms with Crippen molar-refractivity contribution in [3.8, 4) is 0 Å². The van der Waals surface area contributed by atoms with E-state index in [1.807, 2.05) is 12.1 Å². The fourth-order valence-corrected chi connectivity index (χ4v) is 3.00. The third-order valence-corrected chi connectivity index (χ3v) is 4.08. The summed E-state index contributed by atoms with van der Waals surface area (Å²) in [5, 5.41) is 13.7. The number of aliphatic carboxylic acids is 1. The summed E-state index contributed by atoms with van der Waals surface area (Å²) in [4.78, 5) is 33.0. The van der Waals surface area contributed by atoms with Gasteiger partial charge in [0.1, 0.15) is 0 Å². The predicted octanol–water partition coefficient (Wildman–Crippen LogP) is 0.882. The van der Waals surface area contributed by atoms with Crippen LogP contribution in [0.3, 0.4) is 0 Å². The number of hydrogen-bond donors (Lipinski definition) is 2. The van der Waals surface area contributed by atoms with Crippen LogP contribution in [0.4, 0.5) is 0 Å². The van der Waals surface area contributed by atoms with Crippen LogP contribution in [-0.2, 0) is 11.2 Å². The van der Waals surface area contributed by atoms with Gasteiger partial charge in [0.25, 0.3) is 5.91 Å². The van der Waals surface area contributed by atoms with Crippen LogP contribution in [0.1, 0.15) is 27.8 Å². The van der Waals surface area contributed by atoms with Gasteiger partial charge < -0.3 is 15.0 Å². The molecule has 1 aliphatic heterocycles. The van der Waals surface area contributed by atoms with Crippen molar-refractivity contribution in [1.82, 2.24) is 24.5 Å². The Morgan fingerprint density at radius 3 is 3.04 bits per heavy atom. The monoisotopic (exact) mass is 311 g/mol. The molecule has 0 spiro atoms. The minimum Gasteiger partial charge on any atom is -0.479 e. The maximum Gasteiger partial charge on any atom is 0.332 e. The highest BCUT2D eigenvalue weighted by molar-refractivity contribution is 6.02. The third kappa shape index (κ3) is 1.99. The molecule has 3 aromatic heterocycles. The van der Waals surface area contributed by atoms with Gasteiger partial charge in [-0.25, -0.2) is 14.3 Å². The second kappa shape index (κ2) is 4.94. The number of carboxylic acids is 1. The normalized spacial score (nSPS) is 17.2. The fraction of sp³-hybridized carbons (Fsp3) is 0.200. The largest absolute Gasteiger partial charge is 0.479 e. The van der Waals surface area contributed by atoms with Gasteiger partial charge in [-0.1, -0.05) is 6.07 Å². The summed E-state index contributed by atoms with van der Waals surface area (Å²) in [5.41, 5.74) is 2.19. The van der Waals surface area contributed by atoms with E-state index in [9.17, 15) is 14.7 Å². The Kier molecular flexibility index (Phi) is 2.90. The number of amides is 1. The van der Waals surface area contributed by atoms with Crippen molar-refractivity contribution in [2.24, 2.45) is 0 Å². The van der Waals surface area contributed by atoms with Gasteiger partial charge in [0.15, 0.2) is 6.04 Å². The molecule has 2 N–H and O–H groups in total. The Balaban J connectivity index is 1.77. The van der Waals surface area contributed by atoms with Crippen LogP contribution >= 0.6 is 0 Å². The maximum atomic E-state index is 12.9. The van der Waals surface area contributed by atoms with Gasteiger partial charge in [-0.2, -0.15) is 5.10 Å². The van der Waals surface area contributed by atoms with Crippen molar-refractivity contribution in [1.29, 1.82) is 0 Å². The van der Waals surface area contributed by atoms with Crippen molar-refractivity contribution >= 4 is 17.4 Å². The Bertz CT molecular complexity index is 913. The molecule has 8 nitrogen and oxygen atoms in total. The summed E-state index contributed by atoms with van der Waals surface area (Å²) < 4.78 is 1.59. The molecule has 8 heteroatoms. The number of nitrogens with one attached hydrogen (secondary N) is 1. The Hall–Kier alpha value is -3.16. The van der Waals surface area contributed by atoms with Crippen LogP contribution in [0, 0.1) is 0 Å². The molecule has 1 amide bonds. The number of hydrogen-bond acceptors (Lipinski definition) is 4. The zero-order chi connectivity index (χ0) is 16.0. The van der Waals surface area contributed by atoms with E-state index in [4.69, 9.17) is 0 Å². The Morgan fingerprint density at radius 2 is 2.22 bits per heavy atom. The second-order valence-electron chi connectivity index (χ2n) is 5.34. The standard InChI is InChI=1S/C15H13N5O3/c21-14(9-7-18-20-5-2-1-3-11(9)20)19-6-4-10-12(17-8-16-10)13(19)15(22)23/h1-3,5,7-8,13H,4,6H2,(H,16,17)(H,22,23)/t13-/m0/s1. The van der Waals surface area contributed by atoms with E-state index in [0.717, 1.165) is 5.69 Å². The van der Waals surface area contributed by atoms with E-state index >= 15 is 0 Å². The number of aromatic amines is 1. The molecule has 23 heavy (non-hydrogen) atoms. The van der Waals surface area contributed by atoms with Gasteiger partial charge >= 0.3 is 5.97 Å². The number of carbonyl (C=O) groups excluding carboxylic acids is 1. The summed E-state index contributed by atoms with van der Waals surface area (Å²) in [7, 11) is 0. The van der Waals surface area contributed by atoms with Gasteiger partial charge in [0, 0.05) is 24.9 Å². The number of nitrogens with zero attached hydrogens (tertiary/aromatic N) is 4. The fourth-order valence-electron chi connectivity index (χ4n) is 3.00. The molecule has 1 aliphatic rings. The van der Waals surface area contributed by atoms with E-state index in [-0.39, 0.29) is 5.91 Å². The number of carbonyl (C=O) groups is 2. The van der Waals surface area contributed by atoms with Crippen LogP contribution in [0.2, 0.25) is 0 Å². The highest BCUT2D eigenvalue weighted by atomic mass is 16.4. The zero-order valence-electron chi connectivity index (χ0n) is 12.0. The molecule has 0 bridgehead atoms. The Morgan fingerprint density at radius 1 is 1.35 bits per heavy atom. The molecule has 0 aromatic carbocycles. The number of pyridine rings is 1. The molecule has 116 valence electrons. The number of carboxylic acid groups (broad SMARTS) is 1. The molecule has 0 unspecified atom stereocenters. The van der Waals surface area contributed by atoms with Crippen molar-refractivity contribution < 1.29 is 14.7 Å². The lowest BCUT2D eigenvalue weighted by Crippen LogP contribution is -2.43. The summed E-state index contributed by atoms with van der Waals surface area (Å²) in [5.74, 6) is -1.45. The van der Waals surface area contributed by atoms with Crippen molar-refractivity contribution in [3.63, 3.8) is 0 Å². The van der Waals surface area contributed by atoms with E-state index in [1.165, 1.54) is 17.4 Å². The molecule has 0 aliphatic carbocycles. The van der Waals surface area contributed by atoms with Gasteiger partial charge in [-0.15, -0.1) is 0 Å². The molecule has 0 saturated carbocycles. The first-order chi connectivity index (χ1) is 11.2. The molecule has 0 saturated heterocycles. The summed E-state index contributed by atoms with van der Waals surface area (Å²) in [6.45, 7) is 0.315. The molecular weight excluding hydrogens is 298 g/mol. The number of imidazole rings is 1. The first-order valence-corrected chi connectivity index (χ1v) is 7.15. The van der Waals surface area contributed by atoms with E-state index in [1.54, 1.807) is 16.8 Å². The number of H-pyrrole nitrogens is 1. The molecule has 0 fully saturated rings. The zero-order valence-corrected chi connectivity index (χ0v) is 12.0. The minimum absolute atomic E-state index is 0.315. The first kappa shape index (κ1) is 13.5. The lowest BCUT2D eigenvalue weighted by molar-refractivity contribution is -0.143. The van der Waals surface area contributed by atoms with Crippen LogP contribution in [0.25, 0.3) is 5.52 Å². The van der Waals surface area contributed by atoms with Gasteiger partial charge in [0.05, 0.1) is 29.3 Å². The highest BCUT2D eigenvalue weighted by Gasteiger charge is 2.38. The second-order valence-corrected chi connectivity index (χ2v) is 5.34. The van der Waals surface area contributed by atoms with E-state index < -0.39 is 12.0 Å².